The molecule has 0 aromatic heterocycles. The van der Waals surface area contributed by atoms with Crippen LogP contribution >= 0.6 is 28.1 Å². The summed E-state index contributed by atoms with van der Waals surface area (Å²) in [5.74, 6) is -0.271. The van der Waals surface area contributed by atoms with E-state index in [1.807, 2.05) is 6.07 Å². The van der Waals surface area contributed by atoms with Gasteiger partial charge in [-0.05, 0) is 58.8 Å². The average molecular weight is 422 g/mol. The lowest BCUT2D eigenvalue weighted by Gasteiger charge is -2.39. The van der Waals surface area contributed by atoms with Gasteiger partial charge in [0, 0.05) is 36.7 Å². The lowest BCUT2D eigenvalue weighted by atomic mass is 10.1. The highest BCUT2D eigenvalue weighted by molar-refractivity contribution is 9.10. The van der Waals surface area contributed by atoms with Gasteiger partial charge in [0.25, 0.3) is 0 Å². The van der Waals surface area contributed by atoms with Crippen LogP contribution < -0.4 is 5.32 Å². The van der Waals surface area contributed by atoms with Crippen molar-refractivity contribution in [1.29, 1.82) is 0 Å². The van der Waals surface area contributed by atoms with Crippen molar-refractivity contribution in [2.75, 3.05) is 31.5 Å². The van der Waals surface area contributed by atoms with Gasteiger partial charge in [0.15, 0.2) is 5.11 Å². The number of thiocarbonyl (C=S) groups is 1. The first kappa shape index (κ1) is 18.3. The van der Waals surface area contributed by atoms with Crippen LogP contribution in [0.4, 0.5) is 10.1 Å². The van der Waals surface area contributed by atoms with Crippen LogP contribution in [-0.2, 0) is 0 Å². The Balaban J connectivity index is 1.55. The fourth-order valence-electron chi connectivity index (χ4n) is 3.04. The number of anilines is 1. The van der Waals surface area contributed by atoms with E-state index in [-0.39, 0.29) is 5.82 Å². The maximum Gasteiger partial charge on any atom is 0.173 e. The third kappa shape index (κ3) is 4.57. The van der Waals surface area contributed by atoms with Gasteiger partial charge in [-0.1, -0.05) is 30.3 Å². The van der Waals surface area contributed by atoms with E-state index in [1.165, 1.54) is 17.7 Å². The third-order valence-electron chi connectivity index (χ3n) is 4.60. The maximum absolute atomic E-state index is 13.2. The van der Waals surface area contributed by atoms with Crippen molar-refractivity contribution in [3.05, 3.63) is 64.4 Å². The van der Waals surface area contributed by atoms with Gasteiger partial charge in [-0.25, -0.2) is 4.39 Å². The van der Waals surface area contributed by atoms with Crippen LogP contribution in [0.15, 0.2) is 53.0 Å². The lowest BCUT2D eigenvalue weighted by molar-refractivity contribution is 0.142. The molecule has 1 fully saturated rings. The quantitative estimate of drug-likeness (QED) is 0.725. The molecule has 1 aliphatic rings. The Morgan fingerprint density at radius 3 is 2.44 bits per heavy atom. The first-order chi connectivity index (χ1) is 12.0. The number of piperazine rings is 1. The largest absolute Gasteiger partial charge is 0.346 e. The molecule has 1 atom stereocenters. The predicted octanol–water partition coefficient (Wildman–Crippen LogP) is 4.66. The van der Waals surface area contributed by atoms with E-state index < -0.39 is 0 Å². The van der Waals surface area contributed by atoms with Crippen molar-refractivity contribution in [1.82, 2.24) is 9.80 Å². The van der Waals surface area contributed by atoms with E-state index in [9.17, 15) is 4.39 Å². The van der Waals surface area contributed by atoms with Gasteiger partial charge >= 0.3 is 0 Å². The Morgan fingerprint density at radius 1 is 1.12 bits per heavy atom. The Morgan fingerprint density at radius 2 is 1.80 bits per heavy atom. The fourth-order valence-corrected chi connectivity index (χ4v) is 3.78. The minimum atomic E-state index is -0.271. The summed E-state index contributed by atoms with van der Waals surface area (Å²) in [6.07, 6.45) is 0. The summed E-state index contributed by atoms with van der Waals surface area (Å²) in [4.78, 5) is 4.64. The molecule has 1 saturated heterocycles. The van der Waals surface area contributed by atoms with Crippen molar-refractivity contribution in [3.63, 3.8) is 0 Å². The van der Waals surface area contributed by atoms with Crippen LogP contribution in [-0.4, -0.2) is 41.1 Å². The number of nitrogens with zero attached hydrogens (tertiary/aromatic N) is 2. The molecule has 3 nitrogen and oxygen atoms in total. The minimum Gasteiger partial charge on any atom is -0.346 e. The van der Waals surface area contributed by atoms with Crippen LogP contribution in [0.2, 0.25) is 0 Å². The number of rotatable bonds is 3. The summed E-state index contributed by atoms with van der Waals surface area (Å²) >= 11 is 8.89. The second-order valence-corrected chi connectivity index (χ2v) is 7.41. The van der Waals surface area contributed by atoms with E-state index in [2.05, 4.69) is 62.2 Å². The fraction of sp³-hybridized carbons (Fsp3) is 0.316. The van der Waals surface area contributed by atoms with E-state index in [4.69, 9.17) is 12.2 Å². The topological polar surface area (TPSA) is 18.5 Å². The molecule has 1 N–H and O–H groups in total. The van der Waals surface area contributed by atoms with Crippen molar-refractivity contribution >= 4 is 38.9 Å². The first-order valence-corrected chi connectivity index (χ1v) is 9.54. The molecule has 0 bridgehead atoms. The zero-order valence-corrected chi connectivity index (χ0v) is 16.5. The predicted molar refractivity (Wildman–Crippen MR) is 108 cm³/mol. The monoisotopic (exact) mass is 421 g/mol. The standard InChI is InChI=1S/C19H21BrFN3S/c1-14(15-5-3-2-4-6-15)23-9-11-24(12-10-23)19(25)22-18-8-7-16(21)13-17(18)20/h2-8,13-14H,9-12H2,1H3,(H,22,25). The van der Waals surface area contributed by atoms with Crippen molar-refractivity contribution in [2.45, 2.75) is 13.0 Å². The van der Waals surface area contributed by atoms with Crippen molar-refractivity contribution < 1.29 is 4.39 Å². The normalized spacial score (nSPS) is 16.5. The molecule has 6 heteroatoms. The summed E-state index contributed by atoms with van der Waals surface area (Å²) in [7, 11) is 0. The molecule has 0 aliphatic carbocycles. The molecule has 0 saturated carbocycles. The number of nitrogens with one attached hydrogen (secondary N) is 1. The van der Waals surface area contributed by atoms with Gasteiger partial charge in [-0.2, -0.15) is 0 Å². The highest BCUT2D eigenvalue weighted by Crippen LogP contribution is 2.24. The SMILES string of the molecule is CC(c1ccccc1)N1CCN(C(=S)Nc2ccc(F)cc2Br)CC1. The third-order valence-corrected chi connectivity index (χ3v) is 5.62. The first-order valence-electron chi connectivity index (χ1n) is 8.34. The Kier molecular flexibility index (Phi) is 6.04. The zero-order valence-electron chi connectivity index (χ0n) is 14.1. The summed E-state index contributed by atoms with van der Waals surface area (Å²) in [5.41, 5.74) is 2.12. The van der Waals surface area contributed by atoms with E-state index in [1.54, 1.807) is 6.07 Å². The Bertz CT molecular complexity index is 733. The number of hydrogen-bond donors (Lipinski definition) is 1. The summed E-state index contributed by atoms with van der Waals surface area (Å²) in [5, 5.41) is 3.89. The zero-order chi connectivity index (χ0) is 17.8. The van der Waals surface area contributed by atoms with Crippen LogP contribution in [0, 0.1) is 5.82 Å². The number of hydrogen-bond acceptors (Lipinski definition) is 2. The molecule has 3 rings (SSSR count). The molecule has 0 radical (unpaired) electrons. The summed E-state index contributed by atoms with van der Waals surface area (Å²) in [6, 6.07) is 15.5. The smallest absolute Gasteiger partial charge is 0.173 e. The molecule has 0 amide bonds. The molecular weight excluding hydrogens is 401 g/mol. The molecular formula is C19H21BrFN3S. The van der Waals surface area contributed by atoms with Gasteiger partial charge in [0.1, 0.15) is 5.82 Å². The molecule has 132 valence electrons. The Hall–Kier alpha value is -1.50. The van der Waals surface area contributed by atoms with Crippen LogP contribution in [0.25, 0.3) is 0 Å². The van der Waals surface area contributed by atoms with Gasteiger partial charge in [-0.3, -0.25) is 4.90 Å². The molecule has 25 heavy (non-hydrogen) atoms. The Labute approximate surface area is 161 Å². The molecule has 0 spiro atoms. The minimum absolute atomic E-state index is 0.271. The van der Waals surface area contributed by atoms with Gasteiger partial charge in [0.05, 0.1) is 5.69 Å². The van der Waals surface area contributed by atoms with Crippen molar-refractivity contribution in [2.24, 2.45) is 0 Å². The highest BCUT2D eigenvalue weighted by atomic mass is 79.9. The van der Waals surface area contributed by atoms with E-state index in [0.717, 1.165) is 31.9 Å². The second kappa shape index (κ2) is 8.25. The van der Waals surface area contributed by atoms with Gasteiger partial charge < -0.3 is 10.2 Å². The van der Waals surface area contributed by atoms with Crippen molar-refractivity contribution in [3.8, 4) is 0 Å². The van der Waals surface area contributed by atoms with Crippen LogP contribution in [0.5, 0.6) is 0 Å². The molecule has 1 unspecified atom stereocenters. The molecule has 1 aliphatic heterocycles. The summed E-state index contributed by atoms with van der Waals surface area (Å²) in [6.45, 7) is 5.92. The second-order valence-electron chi connectivity index (χ2n) is 6.16. The number of benzene rings is 2. The molecule has 1 heterocycles. The number of halogens is 2. The van der Waals surface area contributed by atoms with Crippen LogP contribution in [0.1, 0.15) is 18.5 Å². The van der Waals surface area contributed by atoms with Crippen LogP contribution in [0.3, 0.4) is 0 Å². The van der Waals surface area contributed by atoms with E-state index in [0.29, 0.717) is 15.6 Å². The average Bonchev–Trinajstić information content (AvgIpc) is 2.64. The molecule has 2 aromatic carbocycles. The molecule has 2 aromatic rings. The van der Waals surface area contributed by atoms with Gasteiger partial charge in [-0.15, -0.1) is 0 Å². The maximum atomic E-state index is 13.2. The van der Waals surface area contributed by atoms with Gasteiger partial charge in [0.2, 0.25) is 0 Å². The summed E-state index contributed by atoms with van der Waals surface area (Å²) < 4.78 is 13.9. The lowest BCUT2D eigenvalue weighted by Crippen LogP contribution is -2.50. The van der Waals surface area contributed by atoms with E-state index >= 15 is 0 Å². The highest BCUT2D eigenvalue weighted by Gasteiger charge is 2.23.